The van der Waals surface area contributed by atoms with Crippen LogP contribution in [0.5, 0.6) is 0 Å². The molecule has 0 aromatic heterocycles. The second kappa shape index (κ2) is 5.99. The highest BCUT2D eigenvalue weighted by Gasteiger charge is 2.39. The van der Waals surface area contributed by atoms with E-state index in [4.69, 9.17) is 4.74 Å². The van der Waals surface area contributed by atoms with Crippen LogP contribution in [-0.4, -0.2) is 49.3 Å². The lowest BCUT2D eigenvalue weighted by atomic mass is 9.86. The Hall–Kier alpha value is -0.120. The summed E-state index contributed by atoms with van der Waals surface area (Å²) in [5, 5.41) is 3.62. The van der Waals surface area contributed by atoms with Gasteiger partial charge in [0.15, 0.2) is 0 Å². The van der Waals surface area contributed by atoms with Crippen molar-refractivity contribution in [2.24, 2.45) is 0 Å². The van der Waals surface area contributed by atoms with E-state index < -0.39 is 0 Å². The van der Waals surface area contributed by atoms with Crippen LogP contribution >= 0.6 is 0 Å². The molecule has 0 spiro atoms. The SMILES string of the molecule is CCC1(CC)CNC(C)CN1C(C)COC. The minimum absolute atomic E-state index is 0.324. The second-order valence-corrected chi connectivity index (χ2v) is 5.17. The maximum absolute atomic E-state index is 5.31. The molecule has 0 saturated carbocycles. The molecule has 2 unspecified atom stereocenters. The molecular formula is C13H28N2O. The summed E-state index contributed by atoms with van der Waals surface area (Å²) in [5.41, 5.74) is 0.324. The minimum Gasteiger partial charge on any atom is -0.383 e. The van der Waals surface area contributed by atoms with Crippen LogP contribution in [0.15, 0.2) is 0 Å². The smallest absolute Gasteiger partial charge is 0.0615 e. The lowest BCUT2D eigenvalue weighted by Crippen LogP contribution is -2.66. The van der Waals surface area contributed by atoms with Gasteiger partial charge in [0.1, 0.15) is 0 Å². The van der Waals surface area contributed by atoms with Gasteiger partial charge in [0, 0.05) is 37.8 Å². The third-order valence-corrected chi connectivity index (χ3v) is 4.12. The van der Waals surface area contributed by atoms with Crippen LogP contribution in [0.4, 0.5) is 0 Å². The second-order valence-electron chi connectivity index (χ2n) is 5.17. The number of nitrogens with zero attached hydrogens (tertiary/aromatic N) is 1. The molecule has 2 atom stereocenters. The maximum Gasteiger partial charge on any atom is 0.0615 e. The third kappa shape index (κ3) is 2.76. The summed E-state index contributed by atoms with van der Waals surface area (Å²) in [4.78, 5) is 2.65. The van der Waals surface area contributed by atoms with E-state index in [0.29, 0.717) is 17.6 Å². The van der Waals surface area contributed by atoms with Crippen LogP contribution < -0.4 is 5.32 Å². The zero-order valence-corrected chi connectivity index (χ0v) is 11.5. The molecule has 3 nitrogen and oxygen atoms in total. The molecule has 0 aromatic carbocycles. The number of methoxy groups -OCH3 is 1. The molecule has 0 bridgehead atoms. The summed E-state index contributed by atoms with van der Waals surface area (Å²) in [6.07, 6.45) is 2.41. The number of ether oxygens (including phenoxy) is 1. The summed E-state index contributed by atoms with van der Waals surface area (Å²) < 4.78 is 5.31. The molecule has 16 heavy (non-hydrogen) atoms. The Balaban J connectivity index is 2.79. The predicted molar refractivity (Wildman–Crippen MR) is 68.8 cm³/mol. The normalized spacial score (nSPS) is 27.9. The van der Waals surface area contributed by atoms with Gasteiger partial charge in [0.2, 0.25) is 0 Å². The zero-order chi connectivity index (χ0) is 12.2. The zero-order valence-electron chi connectivity index (χ0n) is 11.5. The highest BCUT2D eigenvalue weighted by Crippen LogP contribution is 2.29. The predicted octanol–water partition coefficient (Wildman–Crippen LogP) is 1.87. The van der Waals surface area contributed by atoms with E-state index >= 15 is 0 Å². The molecule has 1 aliphatic heterocycles. The third-order valence-electron chi connectivity index (χ3n) is 4.12. The first-order valence-corrected chi connectivity index (χ1v) is 6.58. The average molecular weight is 228 g/mol. The van der Waals surface area contributed by atoms with E-state index in [-0.39, 0.29) is 0 Å². The van der Waals surface area contributed by atoms with E-state index in [0.717, 1.165) is 19.7 Å². The minimum atomic E-state index is 0.324. The van der Waals surface area contributed by atoms with Gasteiger partial charge in [-0.2, -0.15) is 0 Å². The fourth-order valence-corrected chi connectivity index (χ4v) is 2.90. The Bertz CT molecular complexity index is 204. The summed E-state index contributed by atoms with van der Waals surface area (Å²) in [6, 6.07) is 1.10. The van der Waals surface area contributed by atoms with Crippen LogP contribution in [0.25, 0.3) is 0 Å². The van der Waals surface area contributed by atoms with Gasteiger partial charge in [0.05, 0.1) is 6.61 Å². The van der Waals surface area contributed by atoms with Crippen molar-refractivity contribution in [3.05, 3.63) is 0 Å². The first-order valence-electron chi connectivity index (χ1n) is 6.58. The number of rotatable bonds is 5. The Morgan fingerprint density at radius 1 is 1.44 bits per heavy atom. The van der Waals surface area contributed by atoms with Gasteiger partial charge in [-0.25, -0.2) is 0 Å². The Morgan fingerprint density at radius 2 is 2.06 bits per heavy atom. The molecular weight excluding hydrogens is 200 g/mol. The highest BCUT2D eigenvalue weighted by molar-refractivity contribution is 4.98. The topological polar surface area (TPSA) is 24.5 Å². The van der Waals surface area contributed by atoms with Crippen molar-refractivity contribution in [3.63, 3.8) is 0 Å². The van der Waals surface area contributed by atoms with E-state index in [1.807, 2.05) is 0 Å². The molecule has 0 amide bonds. The van der Waals surface area contributed by atoms with Crippen molar-refractivity contribution >= 4 is 0 Å². The summed E-state index contributed by atoms with van der Waals surface area (Å²) in [6.45, 7) is 12.2. The van der Waals surface area contributed by atoms with E-state index in [1.165, 1.54) is 12.8 Å². The van der Waals surface area contributed by atoms with Gasteiger partial charge in [-0.3, -0.25) is 4.90 Å². The van der Waals surface area contributed by atoms with Crippen molar-refractivity contribution in [1.29, 1.82) is 0 Å². The van der Waals surface area contributed by atoms with Crippen molar-refractivity contribution in [2.75, 3.05) is 26.8 Å². The van der Waals surface area contributed by atoms with Crippen LogP contribution in [0, 0.1) is 0 Å². The summed E-state index contributed by atoms with van der Waals surface area (Å²) in [7, 11) is 1.79. The fourth-order valence-electron chi connectivity index (χ4n) is 2.90. The van der Waals surface area contributed by atoms with Gasteiger partial charge in [-0.15, -0.1) is 0 Å². The lowest BCUT2D eigenvalue weighted by Gasteiger charge is -2.51. The summed E-state index contributed by atoms with van der Waals surface area (Å²) >= 11 is 0. The number of hydrogen-bond donors (Lipinski definition) is 1. The van der Waals surface area contributed by atoms with Gasteiger partial charge in [-0.05, 0) is 26.7 Å². The maximum atomic E-state index is 5.31. The van der Waals surface area contributed by atoms with Crippen molar-refractivity contribution < 1.29 is 4.74 Å². The highest BCUT2D eigenvalue weighted by atomic mass is 16.5. The van der Waals surface area contributed by atoms with E-state index in [1.54, 1.807) is 7.11 Å². The molecule has 1 aliphatic rings. The van der Waals surface area contributed by atoms with Crippen LogP contribution in [0.3, 0.4) is 0 Å². The molecule has 0 radical (unpaired) electrons. The monoisotopic (exact) mass is 228 g/mol. The lowest BCUT2D eigenvalue weighted by molar-refractivity contribution is -0.0213. The van der Waals surface area contributed by atoms with Crippen LogP contribution in [-0.2, 0) is 4.74 Å². The molecule has 1 rings (SSSR count). The average Bonchev–Trinajstić information content (AvgIpc) is 2.30. The molecule has 0 aromatic rings. The van der Waals surface area contributed by atoms with Gasteiger partial charge in [0.25, 0.3) is 0 Å². The molecule has 1 saturated heterocycles. The van der Waals surface area contributed by atoms with Crippen molar-refractivity contribution in [3.8, 4) is 0 Å². The molecule has 1 N–H and O–H groups in total. The van der Waals surface area contributed by atoms with Crippen molar-refractivity contribution in [1.82, 2.24) is 10.2 Å². The van der Waals surface area contributed by atoms with E-state index in [9.17, 15) is 0 Å². The first-order chi connectivity index (χ1) is 7.59. The van der Waals surface area contributed by atoms with Gasteiger partial charge >= 0.3 is 0 Å². The first kappa shape index (κ1) is 13.9. The quantitative estimate of drug-likeness (QED) is 0.777. The van der Waals surface area contributed by atoms with E-state index in [2.05, 4.69) is 37.9 Å². The van der Waals surface area contributed by atoms with Crippen molar-refractivity contribution in [2.45, 2.75) is 58.2 Å². The molecule has 3 heteroatoms. The van der Waals surface area contributed by atoms with Gasteiger partial charge in [-0.1, -0.05) is 13.8 Å². The van der Waals surface area contributed by atoms with Crippen LogP contribution in [0.2, 0.25) is 0 Å². The molecule has 0 aliphatic carbocycles. The standard InChI is InChI=1S/C13H28N2O/c1-6-13(7-2)10-14-11(3)8-15(13)12(4)9-16-5/h11-12,14H,6-10H2,1-5H3. The Morgan fingerprint density at radius 3 is 2.56 bits per heavy atom. The fraction of sp³-hybridized carbons (Fsp3) is 1.00. The molecule has 1 heterocycles. The number of piperazine rings is 1. The van der Waals surface area contributed by atoms with Gasteiger partial charge < -0.3 is 10.1 Å². The Kier molecular flexibility index (Phi) is 5.22. The van der Waals surface area contributed by atoms with Crippen LogP contribution in [0.1, 0.15) is 40.5 Å². The summed E-state index contributed by atoms with van der Waals surface area (Å²) in [5.74, 6) is 0. The largest absolute Gasteiger partial charge is 0.383 e. The number of hydrogen-bond acceptors (Lipinski definition) is 3. The number of nitrogens with one attached hydrogen (secondary N) is 1. The molecule has 96 valence electrons. The Labute approximate surface area is 101 Å². The molecule has 1 fully saturated rings.